The number of carbonyl (C=O) groups excluding carboxylic acids is 1. The van der Waals surface area contributed by atoms with Gasteiger partial charge in [-0.25, -0.2) is 0 Å². The van der Waals surface area contributed by atoms with Crippen molar-refractivity contribution in [3.05, 3.63) is 65.2 Å². The third-order valence-electron chi connectivity index (χ3n) is 6.41. The van der Waals surface area contributed by atoms with Crippen LogP contribution < -0.4 is 15.1 Å². The monoisotopic (exact) mass is 408 g/mol. The molecule has 1 amide bonds. The van der Waals surface area contributed by atoms with Crippen molar-refractivity contribution < 1.29 is 14.4 Å². The van der Waals surface area contributed by atoms with Gasteiger partial charge in [-0.05, 0) is 38.3 Å². The zero-order chi connectivity index (χ0) is 20.9. The molecule has 0 aliphatic carbocycles. The highest BCUT2D eigenvalue weighted by Crippen LogP contribution is 2.27. The smallest absolute Gasteiger partial charge is 0.239 e. The van der Waals surface area contributed by atoms with Crippen molar-refractivity contribution in [3.8, 4) is 0 Å². The average Bonchev–Trinajstić information content (AvgIpc) is 2.75. The van der Waals surface area contributed by atoms with E-state index in [1.54, 1.807) is 0 Å². The van der Waals surface area contributed by atoms with E-state index in [4.69, 9.17) is 4.74 Å². The number of rotatable bonds is 6. The molecule has 0 bridgehead atoms. The Morgan fingerprint density at radius 2 is 1.93 bits per heavy atom. The van der Waals surface area contributed by atoms with Crippen molar-refractivity contribution in [2.45, 2.75) is 38.8 Å². The fourth-order valence-corrected chi connectivity index (χ4v) is 5.01. The number of quaternary nitrogens is 1. The van der Waals surface area contributed by atoms with Gasteiger partial charge in [0.2, 0.25) is 5.91 Å². The predicted octanol–water partition coefficient (Wildman–Crippen LogP) is 1.91. The third kappa shape index (κ3) is 4.85. The highest BCUT2D eigenvalue weighted by Gasteiger charge is 2.32. The number of fused-ring (bicyclic) bond motifs is 1. The van der Waals surface area contributed by atoms with Crippen LogP contribution in [0.5, 0.6) is 0 Å². The lowest BCUT2D eigenvalue weighted by Gasteiger charge is -2.36. The lowest BCUT2D eigenvalue weighted by molar-refractivity contribution is -0.940. The zero-order valence-electron chi connectivity index (χ0n) is 18.2. The molecule has 2 aromatic rings. The molecule has 1 saturated heterocycles. The van der Waals surface area contributed by atoms with Gasteiger partial charge in [-0.15, -0.1) is 0 Å². The molecular weight excluding hydrogens is 374 g/mol. The number of hydrogen-bond acceptors (Lipinski definition) is 3. The van der Waals surface area contributed by atoms with Gasteiger partial charge in [0, 0.05) is 17.8 Å². The predicted molar refractivity (Wildman–Crippen MR) is 120 cm³/mol. The molecule has 4 rings (SSSR count). The summed E-state index contributed by atoms with van der Waals surface area (Å²) in [6.07, 6.45) is 2.20. The molecule has 2 aromatic carbocycles. The van der Waals surface area contributed by atoms with Gasteiger partial charge in [0.1, 0.15) is 19.1 Å². The number of aryl methyl sites for hydroxylation is 2. The maximum Gasteiger partial charge on any atom is 0.239 e. The molecule has 0 spiro atoms. The number of nitrogens with one attached hydrogen (secondary N) is 2. The summed E-state index contributed by atoms with van der Waals surface area (Å²) in [6, 6.07) is 17.4. The first-order valence-electron chi connectivity index (χ1n) is 11.2. The van der Waals surface area contributed by atoms with Crippen LogP contribution >= 0.6 is 0 Å². The molecular formula is C25H34N3O2+. The fourth-order valence-electron chi connectivity index (χ4n) is 5.01. The van der Waals surface area contributed by atoms with Crippen molar-refractivity contribution in [1.29, 1.82) is 0 Å². The molecule has 5 heteroatoms. The first-order chi connectivity index (χ1) is 14.6. The van der Waals surface area contributed by atoms with Crippen LogP contribution in [0.25, 0.3) is 0 Å². The maximum atomic E-state index is 13.0. The van der Waals surface area contributed by atoms with Crippen molar-refractivity contribution in [2.24, 2.45) is 0 Å². The number of amides is 1. The highest BCUT2D eigenvalue weighted by atomic mass is 16.5. The second kappa shape index (κ2) is 9.63. The molecule has 0 aromatic heterocycles. The van der Waals surface area contributed by atoms with Gasteiger partial charge in [0.25, 0.3) is 0 Å². The lowest BCUT2D eigenvalue weighted by atomic mass is 9.97. The van der Waals surface area contributed by atoms with E-state index in [1.165, 1.54) is 27.3 Å². The van der Waals surface area contributed by atoms with Crippen molar-refractivity contribution >= 4 is 11.6 Å². The topological polar surface area (TPSA) is 46.0 Å². The minimum atomic E-state index is 0.0512. The summed E-state index contributed by atoms with van der Waals surface area (Å²) >= 11 is 0. The number of benzene rings is 2. The molecule has 2 aliphatic rings. The Bertz CT molecular complexity index is 849. The van der Waals surface area contributed by atoms with Crippen molar-refractivity contribution in [3.63, 3.8) is 0 Å². The largest absolute Gasteiger partial charge is 0.370 e. The number of ether oxygens (including phenoxy) is 1. The van der Waals surface area contributed by atoms with Gasteiger partial charge in [0.05, 0.1) is 25.8 Å². The van der Waals surface area contributed by atoms with Crippen LogP contribution in [0.15, 0.2) is 48.5 Å². The van der Waals surface area contributed by atoms with Gasteiger partial charge >= 0.3 is 0 Å². The Morgan fingerprint density at radius 1 is 1.17 bits per heavy atom. The normalized spacial score (nSPS) is 19.1. The molecule has 160 valence electrons. The SMILES string of the molecule is Cc1ccc2c(c1)CCCN2CC(=O)N[C@@H](C)[C@@H](c1ccccc1)[NH+]1CCOCC1. The van der Waals surface area contributed by atoms with Crippen molar-refractivity contribution in [2.75, 3.05) is 44.3 Å². The molecule has 2 heterocycles. The Balaban J connectivity index is 1.45. The number of morpholine rings is 1. The lowest BCUT2D eigenvalue weighted by Crippen LogP contribution is -3.15. The van der Waals surface area contributed by atoms with Crippen LogP contribution in [-0.4, -0.2) is 51.3 Å². The summed E-state index contributed by atoms with van der Waals surface area (Å²) in [5.74, 6) is 0.101. The molecule has 30 heavy (non-hydrogen) atoms. The Labute approximate surface area is 180 Å². The van der Waals surface area contributed by atoms with Crippen LogP contribution in [0.2, 0.25) is 0 Å². The minimum Gasteiger partial charge on any atom is -0.370 e. The first-order valence-corrected chi connectivity index (χ1v) is 11.2. The summed E-state index contributed by atoms with van der Waals surface area (Å²) < 4.78 is 5.57. The Morgan fingerprint density at radius 3 is 2.70 bits per heavy atom. The van der Waals surface area contributed by atoms with Gasteiger partial charge in [0.15, 0.2) is 0 Å². The third-order valence-corrected chi connectivity index (χ3v) is 6.41. The standard InChI is InChI=1S/C25H33N3O2/c1-19-10-11-23-22(17-19)9-6-12-28(23)18-24(29)26-20(2)25(21-7-4-3-5-8-21)27-13-15-30-16-14-27/h3-5,7-8,10-11,17,20,25H,6,9,12-16,18H2,1-2H3,(H,26,29)/p+1/t20-,25-/m0/s1. The Kier molecular flexibility index (Phi) is 6.70. The summed E-state index contributed by atoms with van der Waals surface area (Å²) in [5.41, 5.74) is 5.14. The number of carbonyl (C=O) groups is 1. The summed E-state index contributed by atoms with van der Waals surface area (Å²) in [6.45, 7) is 9.13. The van der Waals surface area contributed by atoms with E-state index in [2.05, 4.69) is 66.5 Å². The van der Waals surface area contributed by atoms with E-state index in [0.717, 1.165) is 45.7 Å². The number of hydrogen-bond donors (Lipinski definition) is 2. The molecule has 5 nitrogen and oxygen atoms in total. The molecule has 0 unspecified atom stereocenters. The van der Waals surface area contributed by atoms with Crippen LogP contribution in [0.3, 0.4) is 0 Å². The van der Waals surface area contributed by atoms with E-state index in [1.807, 2.05) is 6.07 Å². The molecule has 0 saturated carbocycles. The minimum absolute atomic E-state index is 0.0512. The summed E-state index contributed by atoms with van der Waals surface area (Å²) in [4.78, 5) is 16.8. The Hall–Kier alpha value is -2.37. The average molecular weight is 409 g/mol. The van der Waals surface area contributed by atoms with E-state index in [0.29, 0.717) is 6.54 Å². The van der Waals surface area contributed by atoms with Crippen LogP contribution in [0.1, 0.15) is 36.1 Å². The molecule has 2 atom stereocenters. The van der Waals surface area contributed by atoms with Gasteiger partial charge in [-0.1, -0.05) is 48.0 Å². The quantitative estimate of drug-likeness (QED) is 0.768. The molecule has 0 radical (unpaired) electrons. The second-order valence-corrected chi connectivity index (χ2v) is 8.67. The van der Waals surface area contributed by atoms with Gasteiger partial charge in [-0.3, -0.25) is 4.79 Å². The van der Waals surface area contributed by atoms with E-state index in [-0.39, 0.29) is 18.0 Å². The van der Waals surface area contributed by atoms with E-state index < -0.39 is 0 Å². The molecule has 2 N–H and O–H groups in total. The van der Waals surface area contributed by atoms with Gasteiger partial charge < -0.3 is 19.9 Å². The number of nitrogens with zero attached hydrogens (tertiary/aromatic N) is 1. The van der Waals surface area contributed by atoms with Crippen LogP contribution in [-0.2, 0) is 16.0 Å². The van der Waals surface area contributed by atoms with E-state index in [9.17, 15) is 4.79 Å². The highest BCUT2D eigenvalue weighted by molar-refractivity contribution is 5.82. The first kappa shape index (κ1) is 20.9. The number of anilines is 1. The second-order valence-electron chi connectivity index (χ2n) is 8.67. The summed E-state index contributed by atoms with van der Waals surface area (Å²) in [5, 5.41) is 3.32. The molecule has 2 aliphatic heterocycles. The van der Waals surface area contributed by atoms with E-state index >= 15 is 0 Å². The van der Waals surface area contributed by atoms with Gasteiger partial charge in [-0.2, -0.15) is 0 Å². The van der Waals surface area contributed by atoms with Crippen molar-refractivity contribution in [1.82, 2.24) is 5.32 Å². The zero-order valence-corrected chi connectivity index (χ0v) is 18.2. The van der Waals surface area contributed by atoms with Crippen LogP contribution in [0.4, 0.5) is 5.69 Å². The van der Waals surface area contributed by atoms with Crippen LogP contribution in [0, 0.1) is 6.92 Å². The summed E-state index contributed by atoms with van der Waals surface area (Å²) in [7, 11) is 0. The molecule has 1 fully saturated rings. The maximum absolute atomic E-state index is 13.0. The fraction of sp³-hybridized carbons (Fsp3) is 0.480.